The molecule has 0 bridgehead atoms. The van der Waals surface area contributed by atoms with Crippen LogP contribution in [-0.2, 0) is 11.4 Å². The van der Waals surface area contributed by atoms with Crippen molar-refractivity contribution < 1.29 is 9.53 Å². The van der Waals surface area contributed by atoms with Gasteiger partial charge in [-0.15, -0.1) is 0 Å². The van der Waals surface area contributed by atoms with Gasteiger partial charge in [-0.1, -0.05) is 47.5 Å². The normalized spacial score (nSPS) is 15.3. The molecule has 24 heavy (non-hydrogen) atoms. The third-order valence-corrected chi connectivity index (χ3v) is 4.13. The minimum Gasteiger partial charge on any atom is -0.488 e. The summed E-state index contributed by atoms with van der Waals surface area (Å²) in [6.45, 7) is 0.286. The van der Waals surface area contributed by atoms with Crippen LogP contribution in [0, 0.1) is 0 Å². The zero-order chi connectivity index (χ0) is 17.1. The van der Waals surface area contributed by atoms with Crippen LogP contribution in [0.3, 0.4) is 0 Å². The molecule has 2 aromatic rings. The maximum atomic E-state index is 11.8. The van der Waals surface area contributed by atoms with E-state index in [1.807, 2.05) is 30.3 Å². The molecular weight excluding hydrogens is 367 g/mol. The highest BCUT2D eigenvalue weighted by molar-refractivity contribution is 7.80. The Labute approximate surface area is 154 Å². The van der Waals surface area contributed by atoms with Gasteiger partial charge >= 0.3 is 0 Å². The van der Waals surface area contributed by atoms with Gasteiger partial charge in [0.25, 0.3) is 5.91 Å². The number of rotatable bonds is 4. The molecule has 2 N–H and O–H groups in total. The first-order valence-corrected chi connectivity index (χ1v) is 8.19. The Balaban J connectivity index is 1.81. The second-order valence-corrected chi connectivity index (χ2v) is 6.28. The molecule has 4 nitrogen and oxygen atoms in total. The fourth-order valence-corrected chi connectivity index (χ4v) is 2.83. The van der Waals surface area contributed by atoms with Gasteiger partial charge in [-0.3, -0.25) is 10.1 Å². The molecule has 2 aromatic carbocycles. The van der Waals surface area contributed by atoms with Crippen molar-refractivity contribution >= 4 is 52.5 Å². The molecule has 0 radical (unpaired) electrons. The Morgan fingerprint density at radius 3 is 2.62 bits per heavy atom. The zero-order valence-electron chi connectivity index (χ0n) is 12.3. The summed E-state index contributed by atoms with van der Waals surface area (Å²) in [5.74, 6) is 0.360. The lowest BCUT2D eigenvalue weighted by atomic mass is 10.1. The van der Waals surface area contributed by atoms with Gasteiger partial charge in [0, 0.05) is 21.2 Å². The average molecular weight is 379 g/mol. The molecule has 1 heterocycles. The van der Waals surface area contributed by atoms with Crippen molar-refractivity contribution in [1.29, 1.82) is 0 Å². The van der Waals surface area contributed by atoms with E-state index in [9.17, 15) is 4.79 Å². The molecule has 0 spiro atoms. The molecule has 0 aromatic heterocycles. The molecule has 1 fully saturated rings. The molecule has 3 rings (SSSR count). The van der Waals surface area contributed by atoms with Crippen LogP contribution in [0.2, 0.25) is 10.0 Å². The number of para-hydroxylation sites is 1. The topological polar surface area (TPSA) is 50.4 Å². The summed E-state index contributed by atoms with van der Waals surface area (Å²) < 4.78 is 5.85. The maximum absolute atomic E-state index is 11.8. The van der Waals surface area contributed by atoms with Gasteiger partial charge in [-0.2, -0.15) is 0 Å². The molecule has 0 atom stereocenters. The van der Waals surface area contributed by atoms with Gasteiger partial charge in [0.1, 0.15) is 18.1 Å². The fraction of sp³-hybridized carbons (Fsp3) is 0.0588. The van der Waals surface area contributed by atoms with Crippen LogP contribution in [-0.4, -0.2) is 11.0 Å². The maximum Gasteiger partial charge on any atom is 0.273 e. The highest BCUT2D eigenvalue weighted by Crippen LogP contribution is 2.25. The number of ether oxygens (including phenoxy) is 1. The smallest absolute Gasteiger partial charge is 0.273 e. The number of carbonyl (C=O) groups is 1. The molecule has 1 saturated heterocycles. The number of carbonyl (C=O) groups excluding carboxylic acids is 1. The Morgan fingerprint density at radius 2 is 1.92 bits per heavy atom. The van der Waals surface area contributed by atoms with Gasteiger partial charge in [0.2, 0.25) is 0 Å². The lowest BCUT2D eigenvalue weighted by Crippen LogP contribution is -2.21. The van der Waals surface area contributed by atoms with Crippen molar-refractivity contribution in [3.05, 3.63) is 69.3 Å². The van der Waals surface area contributed by atoms with Crippen molar-refractivity contribution in [2.24, 2.45) is 0 Å². The predicted molar refractivity (Wildman–Crippen MR) is 99.1 cm³/mol. The SMILES string of the molecule is O=C1NC(=S)N/C1=C/c1ccccc1OCc1ccc(Cl)cc1Cl. The first-order chi connectivity index (χ1) is 11.5. The van der Waals surface area contributed by atoms with Crippen LogP contribution in [0.15, 0.2) is 48.2 Å². The van der Waals surface area contributed by atoms with E-state index in [0.29, 0.717) is 21.5 Å². The van der Waals surface area contributed by atoms with Crippen molar-refractivity contribution in [2.75, 3.05) is 0 Å². The number of hydrogen-bond donors (Lipinski definition) is 2. The zero-order valence-corrected chi connectivity index (χ0v) is 14.6. The number of hydrogen-bond acceptors (Lipinski definition) is 3. The third-order valence-electron chi connectivity index (χ3n) is 3.34. The Bertz CT molecular complexity index is 852. The van der Waals surface area contributed by atoms with Crippen LogP contribution < -0.4 is 15.4 Å². The van der Waals surface area contributed by atoms with Crippen molar-refractivity contribution in [3.8, 4) is 5.75 Å². The van der Waals surface area contributed by atoms with E-state index >= 15 is 0 Å². The standard InChI is InChI=1S/C17H12Cl2N2O2S/c18-12-6-5-11(13(19)8-12)9-23-15-4-2-1-3-10(15)7-14-16(22)21-17(24)20-14/h1-8H,9H2,(H2,20,21,22,24)/b14-7+. The molecule has 0 aliphatic carbocycles. The van der Waals surface area contributed by atoms with E-state index in [4.69, 9.17) is 40.2 Å². The van der Waals surface area contributed by atoms with Gasteiger partial charge in [-0.05, 0) is 36.5 Å². The van der Waals surface area contributed by atoms with E-state index in [-0.39, 0.29) is 17.6 Å². The van der Waals surface area contributed by atoms with Gasteiger partial charge in [-0.25, -0.2) is 0 Å². The van der Waals surface area contributed by atoms with E-state index in [0.717, 1.165) is 11.1 Å². The highest BCUT2D eigenvalue weighted by Gasteiger charge is 2.20. The lowest BCUT2D eigenvalue weighted by Gasteiger charge is -2.11. The summed E-state index contributed by atoms with van der Waals surface area (Å²) in [6, 6.07) is 12.6. The molecule has 1 aliphatic rings. The molecule has 0 unspecified atom stereocenters. The molecule has 1 amide bonds. The van der Waals surface area contributed by atoms with Gasteiger partial charge in [0.15, 0.2) is 5.11 Å². The first kappa shape index (κ1) is 16.8. The second-order valence-electron chi connectivity index (χ2n) is 5.03. The van der Waals surface area contributed by atoms with Crippen LogP contribution >= 0.6 is 35.4 Å². The quantitative estimate of drug-likeness (QED) is 0.625. The molecule has 1 aliphatic heterocycles. The second kappa shape index (κ2) is 7.21. The lowest BCUT2D eigenvalue weighted by molar-refractivity contribution is -0.115. The summed E-state index contributed by atoms with van der Waals surface area (Å²) >= 11 is 17.0. The van der Waals surface area contributed by atoms with E-state index in [1.165, 1.54) is 0 Å². The molecule has 7 heteroatoms. The van der Waals surface area contributed by atoms with Crippen molar-refractivity contribution in [3.63, 3.8) is 0 Å². The van der Waals surface area contributed by atoms with Crippen LogP contribution in [0.25, 0.3) is 6.08 Å². The minimum absolute atomic E-state index is 0.268. The predicted octanol–water partition coefficient (Wildman–Crippen LogP) is 3.92. The van der Waals surface area contributed by atoms with E-state index < -0.39 is 0 Å². The monoisotopic (exact) mass is 378 g/mol. The fourth-order valence-electron chi connectivity index (χ4n) is 2.16. The average Bonchev–Trinajstić information content (AvgIpc) is 2.85. The number of nitrogens with one attached hydrogen (secondary N) is 2. The van der Waals surface area contributed by atoms with Crippen molar-refractivity contribution in [1.82, 2.24) is 10.6 Å². The third kappa shape index (κ3) is 3.87. The molecule has 0 saturated carbocycles. The van der Waals surface area contributed by atoms with Crippen LogP contribution in [0.1, 0.15) is 11.1 Å². The summed E-state index contributed by atoms with van der Waals surface area (Å²) in [4.78, 5) is 11.8. The minimum atomic E-state index is -0.268. The number of amides is 1. The van der Waals surface area contributed by atoms with Crippen LogP contribution in [0.4, 0.5) is 0 Å². The Hall–Kier alpha value is -2.08. The Kier molecular flexibility index (Phi) is 5.04. The number of benzene rings is 2. The van der Waals surface area contributed by atoms with Crippen LogP contribution in [0.5, 0.6) is 5.75 Å². The van der Waals surface area contributed by atoms with Crippen molar-refractivity contribution in [2.45, 2.75) is 6.61 Å². The molecule has 122 valence electrons. The van der Waals surface area contributed by atoms with Gasteiger partial charge in [0.05, 0.1) is 0 Å². The summed E-state index contributed by atoms with van der Waals surface area (Å²) in [7, 11) is 0. The number of thiocarbonyl (C=S) groups is 1. The van der Waals surface area contributed by atoms with E-state index in [1.54, 1.807) is 18.2 Å². The summed E-state index contributed by atoms with van der Waals surface area (Å²) in [6.07, 6.45) is 1.69. The number of halogens is 2. The summed E-state index contributed by atoms with van der Waals surface area (Å²) in [5, 5.41) is 6.73. The first-order valence-electron chi connectivity index (χ1n) is 7.03. The largest absolute Gasteiger partial charge is 0.488 e. The summed E-state index contributed by atoms with van der Waals surface area (Å²) in [5.41, 5.74) is 1.95. The van der Waals surface area contributed by atoms with Gasteiger partial charge < -0.3 is 10.1 Å². The molecular formula is C17H12Cl2N2O2S. The Morgan fingerprint density at radius 1 is 1.12 bits per heavy atom. The van der Waals surface area contributed by atoms with E-state index in [2.05, 4.69) is 10.6 Å². The highest BCUT2D eigenvalue weighted by atomic mass is 35.5.